The molecule has 0 unspecified atom stereocenters. The fourth-order valence-electron chi connectivity index (χ4n) is 1.81. The van der Waals surface area contributed by atoms with Crippen LogP contribution >= 0.6 is 23.2 Å². The number of benzene rings is 1. The molecule has 0 aliphatic heterocycles. The van der Waals surface area contributed by atoms with Gasteiger partial charge in [0.05, 0.1) is 22.0 Å². The Labute approximate surface area is 120 Å². The predicted octanol–water partition coefficient (Wildman–Crippen LogP) is 3.74. The van der Waals surface area contributed by atoms with Gasteiger partial charge in [-0.3, -0.25) is 9.78 Å². The first-order valence-corrected chi connectivity index (χ1v) is 6.45. The maximum absolute atomic E-state index is 10.5. The summed E-state index contributed by atoms with van der Waals surface area (Å²) in [5.74, 6) is -0.844. The van der Waals surface area contributed by atoms with E-state index < -0.39 is 5.97 Å². The van der Waals surface area contributed by atoms with E-state index in [-0.39, 0.29) is 6.42 Å². The van der Waals surface area contributed by atoms with Crippen molar-refractivity contribution in [3.63, 3.8) is 0 Å². The van der Waals surface area contributed by atoms with E-state index in [1.807, 2.05) is 19.1 Å². The van der Waals surface area contributed by atoms with Gasteiger partial charge in [0.25, 0.3) is 0 Å². The molecule has 1 heterocycles. The fourth-order valence-corrected chi connectivity index (χ4v) is 2.17. The molecule has 0 radical (unpaired) electrons. The van der Waals surface area contributed by atoms with Gasteiger partial charge in [-0.1, -0.05) is 23.2 Å². The highest BCUT2D eigenvalue weighted by molar-refractivity contribution is 6.45. The highest BCUT2D eigenvalue weighted by Gasteiger charge is 2.10. The van der Waals surface area contributed by atoms with E-state index >= 15 is 0 Å². The van der Waals surface area contributed by atoms with Crippen molar-refractivity contribution >= 4 is 45.8 Å². The number of hydrogen-bond acceptors (Lipinski definition) is 3. The van der Waals surface area contributed by atoms with Gasteiger partial charge in [-0.2, -0.15) is 0 Å². The minimum atomic E-state index is -0.844. The van der Waals surface area contributed by atoms with Crippen molar-refractivity contribution in [2.24, 2.45) is 0 Å². The van der Waals surface area contributed by atoms with Gasteiger partial charge in [0.1, 0.15) is 0 Å². The number of rotatable bonds is 4. The molecule has 0 atom stereocenters. The lowest BCUT2D eigenvalue weighted by Crippen LogP contribution is -2.08. The van der Waals surface area contributed by atoms with Crippen molar-refractivity contribution in [1.29, 1.82) is 0 Å². The third kappa shape index (κ3) is 3.08. The second-order valence-electron chi connectivity index (χ2n) is 4.14. The number of carbonyl (C=O) groups is 1. The molecule has 1 aromatic heterocycles. The van der Waals surface area contributed by atoms with Gasteiger partial charge < -0.3 is 10.4 Å². The van der Waals surface area contributed by atoms with Gasteiger partial charge in [0, 0.05) is 23.3 Å². The lowest BCUT2D eigenvalue weighted by molar-refractivity contribution is -0.136. The van der Waals surface area contributed by atoms with Crippen LogP contribution in [0.2, 0.25) is 10.0 Å². The number of fused-ring (bicyclic) bond motifs is 1. The van der Waals surface area contributed by atoms with Crippen LogP contribution in [0.25, 0.3) is 10.9 Å². The zero-order valence-corrected chi connectivity index (χ0v) is 11.7. The molecule has 2 N–H and O–H groups in total. The van der Waals surface area contributed by atoms with Crippen molar-refractivity contribution in [2.75, 3.05) is 11.9 Å². The third-order valence-corrected chi connectivity index (χ3v) is 3.45. The van der Waals surface area contributed by atoms with E-state index in [1.165, 1.54) is 0 Å². The normalized spacial score (nSPS) is 10.7. The lowest BCUT2D eigenvalue weighted by Gasteiger charge is -2.11. The second-order valence-corrected chi connectivity index (χ2v) is 4.92. The number of nitrogens with one attached hydrogen (secondary N) is 1. The number of hydrogen-bond donors (Lipinski definition) is 2. The fraction of sp³-hybridized carbons (Fsp3) is 0.231. The second kappa shape index (κ2) is 5.63. The summed E-state index contributed by atoms with van der Waals surface area (Å²) in [4.78, 5) is 14.9. The van der Waals surface area contributed by atoms with Gasteiger partial charge in [-0.25, -0.2) is 0 Å². The van der Waals surface area contributed by atoms with E-state index in [0.29, 0.717) is 22.1 Å². The van der Waals surface area contributed by atoms with Crippen molar-refractivity contribution in [3.05, 3.63) is 33.9 Å². The molecular formula is C13H12Cl2N2O2. The molecule has 19 heavy (non-hydrogen) atoms. The summed E-state index contributed by atoms with van der Waals surface area (Å²) in [5, 5.41) is 13.4. The molecular weight excluding hydrogens is 287 g/mol. The number of carboxylic acids is 1. The number of carboxylic acid groups (broad SMARTS) is 1. The molecule has 0 aliphatic rings. The monoisotopic (exact) mass is 298 g/mol. The SMILES string of the molecule is Cc1cc(NCCC(=O)O)c2ccc(Cl)c(Cl)c2n1. The van der Waals surface area contributed by atoms with Gasteiger partial charge in [0.15, 0.2) is 0 Å². The molecule has 0 amide bonds. The maximum atomic E-state index is 10.5. The predicted molar refractivity (Wildman–Crippen MR) is 77.2 cm³/mol. The molecule has 0 spiro atoms. The molecule has 1 aromatic carbocycles. The summed E-state index contributed by atoms with van der Waals surface area (Å²) in [6, 6.07) is 5.37. The summed E-state index contributed by atoms with van der Waals surface area (Å²) in [7, 11) is 0. The van der Waals surface area contributed by atoms with E-state index in [9.17, 15) is 4.79 Å². The highest BCUT2D eigenvalue weighted by Crippen LogP contribution is 2.33. The summed E-state index contributed by atoms with van der Waals surface area (Å²) in [6.07, 6.45) is 0.0458. The summed E-state index contributed by atoms with van der Waals surface area (Å²) in [5.41, 5.74) is 2.21. The average molecular weight is 299 g/mol. The van der Waals surface area contributed by atoms with Gasteiger partial charge >= 0.3 is 5.97 Å². The Morgan fingerprint density at radius 2 is 2.16 bits per heavy atom. The van der Waals surface area contributed by atoms with Crippen LogP contribution < -0.4 is 5.32 Å². The molecule has 0 bridgehead atoms. The molecule has 0 saturated carbocycles. The molecule has 0 saturated heterocycles. The van der Waals surface area contributed by atoms with E-state index in [2.05, 4.69) is 10.3 Å². The first kappa shape index (κ1) is 13.9. The number of nitrogens with zero attached hydrogens (tertiary/aromatic N) is 1. The van der Waals surface area contributed by atoms with Crippen molar-refractivity contribution in [1.82, 2.24) is 4.98 Å². The molecule has 100 valence electrons. The minimum Gasteiger partial charge on any atom is -0.481 e. The summed E-state index contributed by atoms with van der Waals surface area (Å²) < 4.78 is 0. The van der Waals surface area contributed by atoms with Gasteiger partial charge in [-0.15, -0.1) is 0 Å². The summed E-state index contributed by atoms with van der Waals surface area (Å²) in [6.45, 7) is 2.19. The molecule has 6 heteroatoms. The quantitative estimate of drug-likeness (QED) is 0.903. The van der Waals surface area contributed by atoms with Crippen LogP contribution in [0.3, 0.4) is 0 Å². The maximum Gasteiger partial charge on any atom is 0.305 e. The first-order chi connectivity index (χ1) is 8.99. The Morgan fingerprint density at radius 3 is 2.84 bits per heavy atom. The molecule has 2 rings (SSSR count). The van der Waals surface area contributed by atoms with Crippen molar-refractivity contribution < 1.29 is 9.90 Å². The van der Waals surface area contributed by atoms with Crippen LogP contribution in [-0.2, 0) is 4.79 Å². The summed E-state index contributed by atoms with van der Waals surface area (Å²) >= 11 is 12.1. The van der Waals surface area contributed by atoms with Crippen LogP contribution in [0.15, 0.2) is 18.2 Å². The smallest absolute Gasteiger partial charge is 0.305 e. The number of pyridine rings is 1. The van der Waals surface area contributed by atoms with Crippen LogP contribution in [0, 0.1) is 6.92 Å². The zero-order valence-electron chi connectivity index (χ0n) is 10.2. The Hall–Kier alpha value is -1.52. The Morgan fingerprint density at radius 1 is 1.42 bits per heavy atom. The van der Waals surface area contributed by atoms with E-state index in [0.717, 1.165) is 16.8 Å². The molecule has 4 nitrogen and oxygen atoms in total. The molecule has 0 fully saturated rings. The van der Waals surface area contributed by atoms with Crippen LogP contribution in [-0.4, -0.2) is 22.6 Å². The number of halogens is 2. The van der Waals surface area contributed by atoms with E-state index in [4.69, 9.17) is 28.3 Å². The lowest BCUT2D eigenvalue weighted by atomic mass is 10.1. The van der Waals surface area contributed by atoms with Crippen LogP contribution in [0.1, 0.15) is 12.1 Å². The number of aromatic nitrogens is 1. The number of anilines is 1. The Balaban J connectivity index is 2.43. The minimum absolute atomic E-state index is 0.0458. The standard InChI is InChI=1S/C13H12Cl2N2O2/c1-7-6-10(16-5-4-11(18)19)8-2-3-9(14)12(15)13(8)17-7/h2-3,6H,4-5H2,1H3,(H,16,17)(H,18,19). The average Bonchev–Trinajstić information content (AvgIpc) is 2.34. The van der Waals surface area contributed by atoms with Gasteiger partial charge in [-0.05, 0) is 25.1 Å². The Kier molecular flexibility index (Phi) is 4.12. The highest BCUT2D eigenvalue weighted by atomic mass is 35.5. The van der Waals surface area contributed by atoms with Crippen molar-refractivity contribution in [2.45, 2.75) is 13.3 Å². The Bertz CT molecular complexity index is 644. The van der Waals surface area contributed by atoms with E-state index in [1.54, 1.807) is 6.07 Å². The van der Waals surface area contributed by atoms with Crippen LogP contribution in [0.5, 0.6) is 0 Å². The zero-order chi connectivity index (χ0) is 14.0. The topological polar surface area (TPSA) is 62.2 Å². The third-order valence-electron chi connectivity index (χ3n) is 2.65. The molecule has 0 aliphatic carbocycles. The largest absolute Gasteiger partial charge is 0.481 e. The first-order valence-electron chi connectivity index (χ1n) is 5.70. The molecule has 2 aromatic rings. The number of aryl methyl sites for hydroxylation is 1. The van der Waals surface area contributed by atoms with Gasteiger partial charge in [0.2, 0.25) is 0 Å². The van der Waals surface area contributed by atoms with Crippen molar-refractivity contribution in [3.8, 4) is 0 Å². The number of aliphatic carboxylic acids is 1. The van der Waals surface area contributed by atoms with Crippen LogP contribution in [0.4, 0.5) is 5.69 Å².